The third-order valence-electron chi connectivity index (χ3n) is 1.44. The second-order valence-electron chi connectivity index (χ2n) is 2.58. The van der Waals surface area contributed by atoms with Crippen LogP contribution in [0.3, 0.4) is 0 Å². The van der Waals surface area contributed by atoms with E-state index in [4.69, 9.17) is 11.6 Å². The number of anilines is 1. The molecular weight excluding hydrogens is 174 g/mol. The number of rotatable bonds is 3. The average molecular weight is 184 g/mol. The first-order chi connectivity index (χ1) is 5.72. The first-order valence-electron chi connectivity index (χ1n) is 3.70. The predicted octanol–water partition coefficient (Wildman–Crippen LogP) is 2.34. The molecule has 1 aromatic carbocycles. The molecule has 0 aliphatic rings. The van der Waals surface area contributed by atoms with E-state index in [0.29, 0.717) is 5.02 Å². The van der Waals surface area contributed by atoms with Crippen molar-refractivity contribution < 1.29 is 4.79 Å². The number of hydrogen-bond acceptors (Lipinski definition) is 2. The Bertz CT molecular complexity index is 258. The quantitative estimate of drug-likeness (QED) is 0.729. The maximum absolute atomic E-state index is 10.3. The van der Waals surface area contributed by atoms with Crippen molar-refractivity contribution in [1.29, 1.82) is 0 Å². The van der Waals surface area contributed by atoms with Gasteiger partial charge in [0.15, 0.2) is 0 Å². The maximum atomic E-state index is 10.3. The molecular formula is C9H10ClNO. The summed E-state index contributed by atoms with van der Waals surface area (Å²) in [6, 6.07) is 7.07. The first-order valence-corrected chi connectivity index (χ1v) is 4.07. The third kappa shape index (κ3) is 2.55. The summed E-state index contributed by atoms with van der Waals surface area (Å²) in [5, 5.41) is 3.69. The molecule has 0 saturated heterocycles. The fourth-order valence-corrected chi connectivity index (χ4v) is 0.969. The number of hydrogen-bond donors (Lipinski definition) is 1. The Kier molecular flexibility index (Phi) is 3.11. The fourth-order valence-electron chi connectivity index (χ4n) is 0.843. The van der Waals surface area contributed by atoms with Crippen LogP contribution < -0.4 is 5.32 Å². The largest absolute Gasteiger partial charge is 0.376 e. The smallest absolute Gasteiger partial charge is 0.141 e. The van der Waals surface area contributed by atoms with Gasteiger partial charge in [-0.1, -0.05) is 11.6 Å². The Morgan fingerprint density at radius 2 is 2.00 bits per heavy atom. The summed E-state index contributed by atoms with van der Waals surface area (Å²) in [4.78, 5) is 10.3. The molecule has 0 unspecified atom stereocenters. The summed E-state index contributed by atoms with van der Waals surface area (Å²) in [6.07, 6.45) is 0.856. The molecule has 1 atom stereocenters. The summed E-state index contributed by atoms with van der Waals surface area (Å²) < 4.78 is 0. The lowest BCUT2D eigenvalue weighted by molar-refractivity contribution is -0.108. The summed E-state index contributed by atoms with van der Waals surface area (Å²) in [5.41, 5.74) is 0.902. The SMILES string of the molecule is C[C@@H](C=O)Nc1ccc(Cl)cc1. The van der Waals surface area contributed by atoms with Crippen molar-refractivity contribution in [2.45, 2.75) is 13.0 Å². The molecule has 2 nitrogen and oxygen atoms in total. The molecule has 0 fully saturated rings. The minimum absolute atomic E-state index is 0.161. The standard InChI is InChI=1S/C9H10ClNO/c1-7(6-12)11-9-4-2-8(10)3-5-9/h2-7,11H,1H3/t7-/m0/s1. The van der Waals surface area contributed by atoms with Crippen LogP contribution in [0.5, 0.6) is 0 Å². The summed E-state index contributed by atoms with van der Waals surface area (Å²) >= 11 is 5.68. The molecule has 3 heteroatoms. The zero-order chi connectivity index (χ0) is 8.97. The second kappa shape index (κ2) is 4.12. The molecule has 1 N–H and O–H groups in total. The fraction of sp³-hybridized carbons (Fsp3) is 0.222. The first kappa shape index (κ1) is 9.07. The topological polar surface area (TPSA) is 29.1 Å². The molecule has 0 bridgehead atoms. The molecule has 64 valence electrons. The average Bonchev–Trinajstić information content (AvgIpc) is 2.09. The zero-order valence-electron chi connectivity index (χ0n) is 6.75. The van der Waals surface area contributed by atoms with E-state index in [1.807, 2.05) is 12.1 Å². The minimum atomic E-state index is -0.161. The van der Waals surface area contributed by atoms with Gasteiger partial charge in [0.05, 0.1) is 6.04 Å². The van der Waals surface area contributed by atoms with Crippen LogP contribution in [0.1, 0.15) is 6.92 Å². The van der Waals surface area contributed by atoms with Gasteiger partial charge in [0.2, 0.25) is 0 Å². The van der Waals surface area contributed by atoms with Gasteiger partial charge < -0.3 is 10.1 Å². The van der Waals surface area contributed by atoms with E-state index in [-0.39, 0.29) is 6.04 Å². The van der Waals surface area contributed by atoms with Gasteiger partial charge in [-0.15, -0.1) is 0 Å². The second-order valence-corrected chi connectivity index (χ2v) is 3.01. The van der Waals surface area contributed by atoms with E-state index in [1.165, 1.54) is 0 Å². The van der Waals surface area contributed by atoms with Crippen LogP contribution in [0.4, 0.5) is 5.69 Å². The van der Waals surface area contributed by atoms with Crippen molar-refractivity contribution in [2.75, 3.05) is 5.32 Å². The normalized spacial score (nSPS) is 12.2. The molecule has 0 heterocycles. The Morgan fingerprint density at radius 1 is 1.42 bits per heavy atom. The molecule has 1 rings (SSSR count). The third-order valence-corrected chi connectivity index (χ3v) is 1.69. The van der Waals surface area contributed by atoms with Crippen molar-refractivity contribution in [2.24, 2.45) is 0 Å². The highest BCUT2D eigenvalue weighted by molar-refractivity contribution is 6.30. The van der Waals surface area contributed by atoms with E-state index in [0.717, 1.165) is 12.0 Å². The lowest BCUT2D eigenvalue weighted by atomic mass is 10.3. The maximum Gasteiger partial charge on any atom is 0.141 e. The summed E-state index contributed by atoms with van der Waals surface area (Å²) in [7, 11) is 0. The van der Waals surface area contributed by atoms with Gasteiger partial charge in [-0.05, 0) is 31.2 Å². The molecule has 12 heavy (non-hydrogen) atoms. The van der Waals surface area contributed by atoms with Gasteiger partial charge in [-0.2, -0.15) is 0 Å². The van der Waals surface area contributed by atoms with Gasteiger partial charge in [-0.3, -0.25) is 0 Å². The van der Waals surface area contributed by atoms with E-state index in [1.54, 1.807) is 19.1 Å². The predicted molar refractivity (Wildman–Crippen MR) is 50.6 cm³/mol. The molecule has 0 aromatic heterocycles. The minimum Gasteiger partial charge on any atom is -0.376 e. The molecule has 0 spiro atoms. The van der Waals surface area contributed by atoms with Crippen LogP contribution in [0, 0.1) is 0 Å². The molecule has 0 radical (unpaired) electrons. The lowest BCUT2D eigenvalue weighted by Crippen LogP contribution is -2.15. The molecule has 0 aliphatic carbocycles. The van der Waals surface area contributed by atoms with Gasteiger partial charge >= 0.3 is 0 Å². The monoisotopic (exact) mass is 183 g/mol. The van der Waals surface area contributed by atoms with E-state index < -0.39 is 0 Å². The van der Waals surface area contributed by atoms with Crippen molar-refractivity contribution in [3.05, 3.63) is 29.3 Å². The Hall–Kier alpha value is -1.02. The van der Waals surface area contributed by atoms with Crippen LogP contribution in [0.25, 0.3) is 0 Å². The highest BCUT2D eigenvalue weighted by Crippen LogP contribution is 2.13. The van der Waals surface area contributed by atoms with E-state index in [2.05, 4.69) is 5.32 Å². The van der Waals surface area contributed by atoms with E-state index in [9.17, 15) is 4.79 Å². The van der Waals surface area contributed by atoms with Gasteiger partial charge in [-0.25, -0.2) is 0 Å². The summed E-state index contributed by atoms with van der Waals surface area (Å²) in [5.74, 6) is 0. The van der Waals surface area contributed by atoms with Crippen molar-refractivity contribution in [3.8, 4) is 0 Å². The van der Waals surface area contributed by atoms with Crippen LogP contribution >= 0.6 is 11.6 Å². The number of aldehydes is 1. The summed E-state index contributed by atoms with van der Waals surface area (Å²) in [6.45, 7) is 1.79. The Morgan fingerprint density at radius 3 is 2.50 bits per heavy atom. The molecule has 0 saturated carbocycles. The molecule has 0 aliphatic heterocycles. The van der Waals surface area contributed by atoms with Crippen LogP contribution in [-0.4, -0.2) is 12.3 Å². The van der Waals surface area contributed by atoms with Crippen LogP contribution in [0.15, 0.2) is 24.3 Å². The number of benzene rings is 1. The highest BCUT2D eigenvalue weighted by Gasteiger charge is 1.97. The number of carbonyl (C=O) groups excluding carboxylic acids is 1. The van der Waals surface area contributed by atoms with Gasteiger partial charge in [0.1, 0.15) is 6.29 Å². The molecule has 1 aromatic rings. The zero-order valence-corrected chi connectivity index (χ0v) is 7.51. The van der Waals surface area contributed by atoms with Crippen molar-refractivity contribution >= 4 is 23.6 Å². The van der Waals surface area contributed by atoms with E-state index >= 15 is 0 Å². The number of carbonyl (C=O) groups is 1. The van der Waals surface area contributed by atoms with Crippen LogP contribution in [0.2, 0.25) is 5.02 Å². The van der Waals surface area contributed by atoms with Gasteiger partial charge in [0.25, 0.3) is 0 Å². The van der Waals surface area contributed by atoms with Gasteiger partial charge in [0, 0.05) is 10.7 Å². The Labute approximate surface area is 76.5 Å². The van der Waals surface area contributed by atoms with Crippen LogP contribution in [-0.2, 0) is 4.79 Å². The highest BCUT2D eigenvalue weighted by atomic mass is 35.5. The number of halogens is 1. The van der Waals surface area contributed by atoms with Crippen molar-refractivity contribution in [3.63, 3.8) is 0 Å². The molecule has 0 amide bonds. The lowest BCUT2D eigenvalue weighted by Gasteiger charge is -2.07. The van der Waals surface area contributed by atoms with Crippen molar-refractivity contribution in [1.82, 2.24) is 0 Å². The Balaban J connectivity index is 2.64. The number of nitrogens with one attached hydrogen (secondary N) is 1.